The van der Waals surface area contributed by atoms with Gasteiger partial charge in [-0.05, 0) is 12.1 Å². The molecule has 1 heterocycles. The lowest BCUT2D eigenvalue weighted by Crippen LogP contribution is -2.22. The van der Waals surface area contributed by atoms with Crippen molar-refractivity contribution in [2.24, 2.45) is 0 Å². The molecule has 7 nitrogen and oxygen atoms in total. The molecular weight excluding hydrogens is 268 g/mol. The van der Waals surface area contributed by atoms with Crippen LogP contribution in [-0.4, -0.2) is 51.3 Å². The van der Waals surface area contributed by atoms with E-state index in [0.29, 0.717) is 18.8 Å². The Morgan fingerprint density at radius 1 is 1.37 bits per heavy atom. The first kappa shape index (κ1) is 15.4. The van der Waals surface area contributed by atoms with Gasteiger partial charge in [0.25, 0.3) is 0 Å². The lowest BCUT2D eigenvalue weighted by Gasteiger charge is -2.11. The van der Waals surface area contributed by atoms with Gasteiger partial charge in [-0.1, -0.05) is 0 Å². The summed E-state index contributed by atoms with van der Waals surface area (Å²) in [7, 11) is 1.04. The SMILES string of the molecule is CNC(=O)CCNc1ccc(S(=O)(=O)N(C)C)cn1. The Balaban J connectivity index is 2.65. The van der Waals surface area contributed by atoms with Crippen LogP contribution in [-0.2, 0) is 14.8 Å². The molecule has 0 spiro atoms. The van der Waals surface area contributed by atoms with Gasteiger partial charge in [0.15, 0.2) is 0 Å². The number of carbonyl (C=O) groups excluding carboxylic acids is 1. The fourth-order valence-corrected chi connectivity index (χ4v) is 2.12. The van der Waals surface area contributed by atoms with Crippen LogP contribution in [0.3, 0.4) is 0 Å². The van der Waals surface area contributed by atoms with Crippen molar-refractivity contribution >= 4 is 21.7 Å². The minimum atomic E-state index is -3.45. The monoisotopic (exact) mass is 286 g/mol. The molecule has 1 aromatic heterocycles. The largest absolute Gasteiger partial charge is 0.370 e. The van der Waals surface area contributed by atoms with Crippen LogP contribution in [0.2, 0.25) is 0 Å². The minimum Gasteiger partial charge on any atom is -0.370 e. The maximum Gasteiger partial charge on any atom is 0.244 e. The van der Waals surface area contributed by atoms with Crippen LogP contribution in [0.25, 0.3) is 0 Å². The summed E-state index contributed by atoms with van der Waals surface area (Å²) in [5, 5.41) is 5.45. The Bertz CT molecular complexity index is 525. The Morgan fingerprint density at radius 3 is 2.53 bits per heavy atom. The molecule has 8 heteroatoms. The number of pyridine rings is 1. The van der Waals surface area contributed by atoms with E-state index in [9.17, 15) is 13.2 Å². The summed E-state index contributed by atoms with van der Waals surface area (Å²) in [6.07, 6.45) is 1.62. The third-order valence-electron chi connectivity index (χ3n) is 2.45. The number of aromatic nitrogens is 1. The van der Waals surface area contributed by atoms with Gasteiger partial charge in [0.2, 0.25) is 15.9 Å². The first-order valence-electron chi connectivity index (χ1n) is 5.71. The molecule has 0 saturated carbocycles. The molecule has 106 valence electrons. The predicted molar refractivity (Wildman–Crippen MR) is 72.3 cm³/mol. The number of rotatable bonds is 6. The first-order chi connectivity index (χ1) is 8.87. The van der Waals surface area contributed by atoms with E-state index in [-0.39, 0.29) is 10.8 Å². The minimum absolute atomic E-state index is 0.0701. The zero-order chi connectivity index (χ0) is 14.5. The van der Waals surface area contributed by atoms with Crippen molar-refractivity contribution < 1.29 is 13.2 Å². The Kier molecular flexibility index (Phi) is 5.25. The highest BCUT2D eigenvalue weighted by Gasteiger charge is 2.17. The zero-order valence-electron chi connectivity index (χ0n) is 11.2. The number of sulfonamides is 1. The maximum absolute atomic E-state index is 11.8. The molecule has 0 aromatic carbocycles. The van der Waals surface area contributed by atoms with Crippen LogP contribution < -0.4 is 10.6 Å². The number of hydrogen-bond donors (Lipinski definition) is 2. The van der Waals surface area contributed by atoms with Crippen molar-refractivity contribution in [3.63, 3.8) is 0 Å². The standard InChI is InChI=1S/C11H18N4O3S/c1-12-11(16)6-7-13-10-5-4-9(8-14-10)19(17,18)15(2)3/h4-5,8H,6-7H2,1-3H3,(H,12,16)(H,13,14). The van der Waals surface area contributed by atoms with Crippen molar-refractivity contribution in [1.29, 1.82) is 0 Å². The van der Waals surface area contributed by atoms with Gasteiger partial charge in [0.1, 0.15) is 10.7 Å². The van der Waals surface area contributed by atoms with Crippen molar-refractivity contribution in [2.75, 3.05) is 33.0 Å². The predicted octanol–water partition coefficient (Wildman–Crippen LogP) is -0.120. The molecular formula is C11H18N4O3S. The second-order valence-corrected chi connectivity index (χ2v) is 6.17. The van der Waals surface area contributed by atoms with Crippen LogP contribution in [0.15, 0.2) is 23.2 Å². The molecule has 0 aliphatic heterocycles. The maximum atomic E-state index is 11.8. The molecule has 0 bridgehead atoms. The molecule has 0 aliphatic carbocycles. The topological polar surface area (TPSA) is 91.4 Å². The van der Waals surface area contributed by atoms with Gasteiger partial charge in [-0.15, -0.1) is 0 Å². The van der Waals surface area contributed by atoms with E-state index in [2.05, 4.69) is 15.6 Å². The van der Waals surface area contributed by atoms with Crippen LogP contribution >= 0.6 is 0 Å². The van der Waals surface area contributed by atoms with Crippen LogP contribution in [0.4, 0.5) is 5.82 Å². The van der Waals surface area contributed by atoms with Crippen molar-refractivity contribution in [1.82, 2.24) is 14.6 Å². The fraction of sp³-hybridized carbons (Fsp3) is 0.455. The lowest BCUT2D eigenvalue weighted by molar-refractivity contribution is -0.120. The summed E-state index contributed by atoms with van der Waals surface area (Å²) in [6.45, 7) is 0.437. The van der Waals surface area contributed by atoms with Crippen LogP contribution in [0, 0.1) is 0 Å². The van der Waals surface area contributed by atoms with Gasteiger partial charge in [-0.25, -0.2) is 17.7 Å². The van der Waals surface area contributed by atoms with E-state index in [1.54, 1.807) is 13.1 Å². The summed E-state index contributed by atoms with van der Waals surface area (Å²) < 4.78 is 24.7. The highest BCUT2D eigenvalue weighted by molar-refractivity contribution is 7.89. The van der Waals surface area contributed by atoms with Crippen LogP contribution in [0.1, 0.15) is 6.42 Å². The van der Waals surface area contributed by atoms with Crippen molar-refractivity contribution in [3.8, 4) is 0 Å². The van der Waals surface area contributed by atoms with Crippen molar-refractivity contribution in [2.45, 2.75) is 11.3 Å². The average molecular weight is 286 g/mol. The van der Waals surface area contributed by atoms with Gasteiger partial charge in [-0.2, -0.15) is 0 Å². The van der Waals surface area contributed by atoms with E-state index < -0.39 is 10.0 Å². The number of hydrogen-bond acceptors (Lipinski definition) is 5. The van der Waals surface area contributed by atoms with E-state index in [0.717, 1.165) is 4.31 Å². The van der Waals surface area contributed by atoms with Gasteiger partial charge in [0.05, 0.1) is 0 Å². The Hall–Kier alpha value is -1.67. The molecule has 2 N–H and O–H groups in total. The van der Waals surface area contributed by atoms with Gasteiger partial charge in [-0.3, -0.25) is 4.79 Å². The smallest absolute Gasteiger partial charge is 0.244 e. The molecule has 0 fully saturated rings. The zero-order valence-corrected chi connectivity index (χ0v) is 12.0. The Morgan fingerprint density at radius 2 is 2.05 bits per heavy atom. The molecule has 1 rings (SSSR count). The average Bonchev–Trinajstić information content (AvgIpc) is 2.39. The van der Waals surface area contributed by atoms with E-state index in [1.165, 1.54) is 26.4 Å². The normalized spacial score (nSPS) is 11.4. The molecule has 0 unspecified atom stereocenters. The molecule has 0 radical (unpaired) electrons. The molecule has 0 atom stereocenters. The highest BCUT2D eigenvalue weighted by atomic mass is 32.2. The van der Waals surface area contributed by atoms with E-state index >= 15 is 0 Å². The molecule has 1 amide bonds. The summed E-state index contributed by atoms with van der Waals surface area (Å²) in [5.74, 6) is 0.459. The second kappa shape index (κ2) is 6.48. The summed E-state index contributed by atoms with van der Waals surface area (Å²) in [4.78, 5) is 15.1. The number of anilines is 1. The molecule has 1 aromatic rings. The number of amides is 1. The summed E-state index contributed by atoms with van der Waals surface area (Å²) in [6, 6.07) is 3.05. The molecule has 19 heavy (non-hydrogen) atoms. The third-order valence-corrected chi connectivity index (χ3v) is 4.25. The first-order valence-corrected chi connectivity index (χ1v) is 7.15. The third kappa shape index (κ3) is 4.18. The number of nitrogens with zero attached hydrogens (tertiary/aromatic N) is 2. The lowest BCUT2D eigenvalue weighted by atomic mass is 10.4. The van der Waals surface area contributed by atoms with Gasteiger partial charge in [0, 0.05) is 40.3 Å². The van der Waals surface area contributed by atoms with Gasteiger partial charge >= 0.3 is 0 Å². The summed E-state index contributed by atoms with van der Waals surface area (Å²) >= 11 is 0. The van der Waals surface area contributed by atoms with E-state index in [1.807, 2.05) is 0 Å². The van der Waals surface area contributed by atoms with Crippen molar-refractivity contribution in [3.05, 3.63) is 18.3 Å². The van der Waals surface area contributed by atoms with Gasteiger partial charge < -0.3 is 10.6 Å². The second-order valence-electron chi connectivity index (χ2n) is 4.02. The van der Waals surface area contributed by atoms with Crippen LogP contribution in [0.5, 0.6) is 0 Å². The Labute approximate surface area is 113 Å². The summed E-state index contributed by atoms with van der Waals surface area (Å²) in [5.41, 5.74) is 0. The molecule has 0 saturated heterocycles. The number of nitrogens with one attached hydrogen (secondary N) is 2. The quantitative estimate of drug-likeness (QED) is 0.761. The fourth-order valence-electron chi connectivity index (χ4n) is 1.28. The van der Waals surface area contributed by atoms with E-state index in [4.69, 9.17) is 0 Å². The highest BCUT2D eigenvalue weighted by Crippen LogP contribution is 2.13. The molecule has 0 aliphatic rings. The number of carbonyl (C=O) groups is 1.